The van der Waals surface area contributed by atoms with E-state index in [1.54, 1.807) is 18.2 Å². The van der Waals surface area contributed by atoms with E-state index >= 15 is 0 Å². The first-order valence-electron chi connectivity index (χ1n) is 32.1. The molecular weight excluding hydrogens is 1130 g/mol. The molecule has 78 heavy (non-hydrogen) atoms. The van der Waals surface area contributed by atoms with Gasteiger partial charge in [0.2, 0.25) is 0 Å². The molecule has 0 atom stereocenters. The molecule has 5 nitrogen and oxygen atoms in total. The second kappa shape index (κ2) is 20.4. The normalized spacial score (nSPS) is 14.4. The Kier molecular flexibility index (Phi) is 10.0. The minimum atomic E-state index is -0.746. The molecule has 0 saturated carbocycles. The second-order valence-electron chi connectivity index (χ2n) is 22.4. The standard InChI is InChI=1S/C72H62N4O.Pt/c1-70(2,3)54-36-37-73-68(44-54)76-64-31-17-16-28-62(64)63-35-34-59(46-67(63)76)77-58-27-20-26-57(45-58)74-47-75(66-33-19-18-32-65(66)74)69-60(29-21-30-61(69)53-41-55(71(4,5)6)43-56(42-53)72(7,8)9)52-39-50(48-22-12-10-13-23-48)38-51(40-52)49-24-14-11-15-25-49;/h10-44H,1-9H3;/q-2;/i10D,11D,12D,13D,14D,15D,22D,23D,24D,25D,38D,39D,40D;. The molecule has 3 aromatic heterocycles. The van der Waals surface area contributed by atoms with Crippen LogP contribution in [0, 0.1) is 18.5 Å². The Morgan fingerprint density at radius 1 is 0.500 bits per heavy atom. The molecule has 0 bridgehead atoms. The summed E-state index contributed by atoms with van der Waals surface area (Å²) in [5.41, 5.74) is 5.40. The van der Waals surface area contributed by atoms with Crippen LogP contribution in [0.15, 0.2) is 212 Å². The van der Waals surface area contributed by atoms with E-state index in [1.165, 1.54) is 0 Å². The van der Waals surface area contributed by atoms with Crippen molar-refractivity contribution >= 4 is 32.8 Å². The van der Waals surface area contributed by atoms with Gasteiger partial charge in [-0.05, 0) is 125 Å². The smallest absolute Gasteiger partial charge is 0.268 e. The molecule has 0 N–H and O–H groups in total. The van der Waals surface area contributed by atoms with Crippen LogP contribution in [-0.2, 0) is 37.3 Å². The molecule has 0 aliphatic heterocycles. The molecule has 12 rings (SSSR count). The second-order valence-corrected chi connectivity index (χ2v) is 22.4. The van der Waals surface area contributed by atoms with Crippen LogP contribution in [0.2, 0.25) is 0 Å². The van der Waals surface area contributed by atoms with E-state index in [0.29, 0.717) is 39.5 Å². The van der Waals surface area contributed by atoms with Crippen LogP contribution in [0.4, 0.5) is 0 Å². The van der Waals surface area contributed by atoms with Crippen molar-refractivity contribution in [1.82, 2.24) is 14.1 Å². The van der Waals surface area contributed by atoms with Crippen molar-refractivity contribution in [2.45, 2.75) is 78.6 Å². The van der Waals surface area contributed by atoms with E-state index in [9.17, 15) is 9.60 Å². The van der Waals surface area contributed by atoms with Crippen LogP contribution < -0.4 is 9.30 Å². The summed E-state index contributed by atoms with van der Waals surface area (Å²) in [5.74, 6) is 1.53. The SMILES string of the molecule is [2H]c1c([2H])c([2H])c(-c2c([2H])c(-c3cccc(-c4cc(C(C)(C)C)cc(C(C)(C)C)c4)c3-[n+]3[c-]n(-c4[c-]c(Oc5[c-]c6c(cc5)c5ccccc5n6-c5cc(C(C)(C)C)ccn5)ccc4)c4ccccc43)c([2H])c(-c3c([2H])c([2H])c([2H])c([2H])c3[2H])c2[2H])c([2H])c1[2H].[Pt]. The fraction of sp³-hybridized carbons (Fsp3) is 0.167. The van der Waals surface area contributed by atoms with Crippen molar-refractivity contribution in [2.75, 3.05) is 0 Å². The van der Waals surface area contributed by atoms with Crippen LogP contribution in [0.3, 0.4) is 0 Å². The predicted octanol–water partition coefficient (Wildman–Crippen LogP) is 18.2. The van der Waals surface area contributed by atoms with Crippen LogP contribution in [0.5, 0.6) is 11.5 Å². The van der Waals surface area contributed by atoms with Gasteiger partial charge in [-0.3, -0.25) is 4.57 Å². The molecule has 9 aromatic carbocycles. The summed E-state index contributed by atoms with van der Waals surface area (Å²) >= 11 is 0. The molecule has 3 heterocycles. The van der Waals surface area contributed by atoms with Gasteiger partial charge in [-0.25, -0.2) is 4.98 Å². The number of para-hydroxylation sites is 4. The summed E-state index contributed by atoms with van der Waals surface area (Å²) in [6.45, 7) is 19.3. The van der Waals surface area contributed by atoms with Crippen molar-refractivity contribution in [3.05, 3.63) is 247 Å². The molecule has 0 amide bonds. The number of ether oxygens (including phenoxy) is 1. The number of aromatic nitrogens is 4. The Morgan fingerprint density at radius 2 is 1.08 bits per heavy atom. The summed E-state index contributed by atoms with van der Waals surface area (Å²) < 4.78 is 132. The minimum Gasteiger partial charge on any atom is -0.510 e. The van der Waals surface area contributed by atoms with E-state index in [0.717, 1.165) is 49.9 Å². The molecule has 0 saturated heterocycles. The zero-order chi connectivity index (χ0) is 64.5. The van der Waals surface area contributed by atoms with E-state index in [2.05, 4.69) is 122 Å². The zero-order valence-corrected chi connectivity index (χ0v) is 47.0. The van der Waals surface area contributed by atoms with Gasteiger partial charge in [-0.15, -0.1) is 29.7 Å². The van der Waals surface area contributed by atoms with Crippen LogP contribution in [0.1, 0.15) is 96.8 Å². The van der Waals surface area contributed by atoms with Gasteiger partial charge in [0.25, 0.3) is 6.33 Å². The first kappa shape index (κ1) is 38.4. The molecule has 0 fully saturated rings. The van der Waals surface area contributed by atoms with Gasteiger partial charge in [-0.2, -0.15) is 18.2 Å². The summed E-state index contributed by atoms with van der Waals surface area (Å²) in [5, 5.41) is 2.00. The maximum Gasteiger partial charge on any atom is 0.268 e. The van der Waals surface area contributed by atoms with E-state index in [-0.39, 0.29) is 48.4 Å². The Bertz CT molecular complexity index is 4810. The molecule has 0 aliphatic rings. The van der Waals surface area contributed by atoms with Crippen molar-refractivity contribution in [3.8, 4) is 73.2 Å². The van der Waals surface area contributed by atoms with Crippen molar-refractivity contribution in [1.29, 1.82) is 0 Å². The number of rotatable bonds is 9. The van der Waals surface area contributed by atoms with Crippen molar-refractivity contribution in [2.24, 2.45) is 0 Å². The monoisotopic (exact) mass is 1210 g/mol. The third-order valence-electron chi connectivity index (χ3n) is 13.9. The average Bonchev–Trinajstić information content (AvgIpc) is 1.49. The predicted molar refractivity (Wildman–Crippen MR) is 318 cm³/mol. The largest absolute Gasteiger partial charge is 0.510 e. The van der Waals surface area contributed by atoms with Gasteiger partial charge < -0.3 is 13.9 Å². The minimum absolute atomic E-state index is 0. The van der Waals surface area contributed by atoms with Crippen molar-refractivity contribution in [3.63, 3.8) is 0 Å². The van der Waals surface area contributed by atoms with Gasteiger partial charge in [0.15, 0.2) is 0 Å². The van der Waals surface area contributed by atoms with Crippen LogP contribution >= 0.6 is 0 Å². The number of benzene rings is 9. The number of hydrogen-bond donors (Lipinski definition) is 0. The van der Waals surface area contributed by atoms with Gasteiger partial charge in [-0.1, -0.05) is 207 Å². The summed E-state index contributed by atoms with van der Waals surface area (Å²) in [6.07, 6.45) is 5.47. The summed E-state index contributed by atoms with van der Waals surface area (Å²) in [6, 6.07) is 38.8. The first-order chi connectivity index (χ1) is 42.5. The van der Waals surface area contributed by atoms with Crippen LogP contribution in [0.25, 0.3) is 94.5 Å². The first-order valence-corrected chi connectivity index (χ1v) is 25.6. The third kappa shape index (κ3) is 9.93. The van der Waals surface area contributed by atoms with E-state index < -0.39 is 101 Å². The quantitative estimate of drug-likeness (QED) is 0.107. The van der Waals surface area contributed by atoms with Crippen LogP contribution in [-0.4, -0.2) is 14.1 Å². The van der Waals surface area contributed by atoms with Gasteiger partial charge in [0.05, 0.1) is 34.5 Å². The van der Waals surface area contributed by atoms with Crippen molar-refractivity contribution < 1.29 is 48.2 Å². The zero-order valence-electron chi connectivity index (χ0n) is 57.7. The number of imidazole rings is 1. The molecule has 0 spiro atoms. The topological polar surface area (TPSA) is 35.9 Å². The Hall–Kier alpha value is -8.11. The number of pyridine rings is 1. The summed E-state index contributed by atoms with van der Waals surface area (Å²) in [4.78, 5) is 4.85. The molecule has 0 unspecified atom stereocenters. The maximum atomic E-state index is 10.3. The molecule has 0 radical (unpaired) electrons. The number of fused-ring (bicyclic) bond motifs is 4. The van der Waals surface area contributed by atoms with E-state index in [4.69, 9.17) is 17.9 Å². The fourth-order valence-corrected chi connectivity index (χ4v) is 9.80. The van der Waals surface area contributed by atoms with Gasteiger partial charge in [0.1, 0.15) is 5.82 Å². The Balaban J connectivity index is 0.00000850. The van der Waals surface area contributed by atoms with Gasteiger partial charge >= 0.3 is 0 Å². The third-order valence-corrected chi connectivity index (χ3v) is 13.9. The molecular formula is C72H62N4OPt-2. The molecule has 6 heteroatoms. The Morgan fingerprint density at radius 3 is 1.73 bits per heavy atom. The van der Waals surface area contributed by atoms with Gasteiger partial charge in [0, 0.05) is 44.3 Å². The molecule has 0 aliphatic carbocycles. The average molecular weight is 1210 g/mol. The number of nitrogens with zero attached hydrogens (tertiary/aromatic N) is 4. The summed E-state index contributed by atoms with van der Waals surface area (Å²) in [7, 11) is 0. The fourth-order valence-electron chi connectivity index (χ4n) is 9.80. The Labute approximate surface area is 492 Å². The molecule has 12 aromatic rings. The van der Waals surface area contributed by atoms with E-state index in [1.807, 2.05) is 88.1 Å². The molecule has 388 valence electrons. The maximum absolute atomic E-state index is 10.3. The number of hydrogen-bond acceptors (Lipinski definition) is 2.